The van der Waals surface area contributed by atoms with Gasteiger partial charge in [-0.1, -0.05) is 30.4 Å². The number of hydrogen-bond acceptors (Lipinski definition) is 1. The lowest BCUT2D eigenvalue weighted by molar-refractivity contribution is -0.112. The molecule has 1 nitrogen and oxygen atoms in total. The molecular formula is C15H18O. The molecule has 0 amide bonds. The van der Waals surface area contributed by atoms with Crippen molar-refractivity contribution < 1.29 is 4.79 Å². The van der Waals surface area contributed by atoms with E-state index < -0.39 is 0 Å². The van der Waals surface area contributed by atoms with Gasteiger partial charge in [0, 0.05) is 11.0 Å². The van der Waals surface area contributed by atoms with Crippen molar-refractivity contribution in [2.24, 2.45) is 5.41 Å². The first kappa shape index (κ1) is 11.1. The maximum absolute atomic E-state index is 12.2. The van der Waals surface area contributed by atoms with Crippen LogP contribution < -0.4 is 0 Å². The second-order valence-electron chi connectivity index (χ2n) is 4.69. The molecule has 0 aromatic rings. The minimum Gasteiger partial charge on any atom is -0.290 e. The van der Waals surface area contributed by atoms with Gasteiger partial charge in [-0.25, -0.2) is 0 Å². The minimum atomic E-state index is 0.0649. The van der Waals surface area contributed by atoms with Crippen molar-refractivity contribution in [1.82, 2.24) is 0 Å². The van der Waals surface area contributed by atoms with Gasteiger partial charge in [-0.05, 0) is 44.8 Å². The van der Waals surface area contributed by atoms with Crippen LogP contribution in [-0.4, -0.2) is 5.78 Å². The van der Waals surface area contributed by atoms with E-state index in [4.69, 9.17) is 0 Å². The standard InChI is InChI=1S/C15H18O/c1-3-7-13(16)14-12(2)8-6-11-15(14)9-4-5-10-15/h3-8H,9-11H2,1-2H3. The van der Waals surface area contributed by atoms with Crippen LogP contribution in [0, 0.1) is 5.41 Å². The summed E-state index contributed by atoms with van der Waals surface area (Å²) in [6.45, 7) is 3.94. The van der Waals surface area contributed by atoms with E-state index in [1.54, 1.807) is 6.08 Å². The summed E-state index contributed by atoms with van der Waals surface area (Å²) < 4.78 is 0. The Hall–Kier alpha value is -1.37. The predicted molar refractivity (Wildman–Crippen MR) is 67.1 cm³/mol. The van der Waals surface area contributed by atoms with Crippen molar-refractivity contribution in [3.05, 3.63) is 47.6 Å². The van der Waals surface area contributed by atoms with E-state index in [9.17, 15) is 4.79 Å². The summed E-state index contributed by atoms with van der Waals surface area (Å²) in [6.07, 6.45) is 15.2. The molecule has 0 aliphatic heterocycles. The van der Waals surface area contributed by atoms with E-state index in [1.807, 2.05) is 19.9 Å². The Labute approximate surface area is 97.2 Å². The van der Waals surface area contributed by atoms with Crippen molar-refractivity contribution in [1.29, 1.82) is 0 Å². The molecule has 2 aliphatic rings. The fourth-order valence-electron chi connectivity index (χ4n) is 2.83. The van der Waals surface area contributed by atoms with Crippen LogP contribution in [0.3, 0.4) is 0 Å². The zero-order valence-corrected chi connectivity index (χ0v) is 9.99. The van der Waals surface area contributed by atoms with Crippen molar-refractivity contribution in [2.45, 2.75) is 33.1 Å². The number of carbonyl (C=O) groups is 1. The Morgan fingerprint density at radius 2 is 1.88 bits per heavy atom. The summed E-state index contributed by atoms with van der Waals surface area (Å²) in [7, 11) is 0. The zero-order chi connectivity index (χ0) is 11.6. The van der Waals surface area contributed by atoms with Gasteiger partial charge in [0.2, 0.25) is 0 Å². The van der Waals surface area contributed by atoms with E-state index in [2.05, 4.69) is 24.3 Å². The molecule has 0 radical (unpaired) electrons. The average molecular weight is 214 g/mol. The van der Waals surface area contributed by atoms with Gasteiger partial charge in [0.15, 0.2) is 5.78 Å². The molecule has 0 saturated heterocycles. The Morgan fingerprint density at radius 1 is 1.25 bits per heavy atom. The molecule has 0 N–H and O–H groups in total. The molecule has 2 rings (SSSR count). The van der Waals surface area contributed by atoms with E-state index >= 15 is 0 Å². The Morgan fingerprint density at radius 3 is 2.50 bits per heavy atom. The molecule has 0 bridgehead atoms. The van der Waals surface area contributed by atoms with E-state index in [1.165, 1.54) is 0 Å². The molecule has 84 valence electrons. The van der Waals surface area contributed by atoms with E-state index in [0.717, 1.165) is 30.4 Å². The number of ketones is 1. The molecule has 1 heteroatoms. The topological polar surface area (TPSA) is 17.1 Å². The summed E-state index contributed by atoms with van der Waals surface area (Å²) in [5.74, 6) is 0.188. The van der Waals surface area contributed by atoms with E-state index in [-0.39, 0.29) is 11.2 Å². The highest BCUT2D eigenvalue weighted by Gasteiger charge is 2.38. The van der Waals surface area contributed by atoms with Crippen LogP contribution in [0.1, 0.15) is 33.1 Å². The summed E-state index contributed by atoms with van der Waals surface area (Å²) in [6, 6.07) is 0. The Kier molecular flexibility index (Phi) is 2.95. The molecule has 1 spiro atoms. The summed E-state index contributed by atoms with van der Waals surface area (Å²) >= 11 is 0. The third-order valence-corrected chi connectivity index (χ3v) is 3.55. The van der Waals surface area contributed by atoms with Gasteiger partial charge in [0.1, 0.15) is 0 Å². The molecule has 0 heterocycles. The number of carbonyl (C=O) groups excluding carboxylic acids is 1. The van der Waals surface area contributed by atoms with Crippen molar-refractivity contribution >= 4 is 5.78 Å². The predicted octanol–water partition coefficient (Wildman–Crippen LogP) is 3.74. The summed E-state index contributed by atoms with van der Waals surface area (Å²) in [5, 5.41) is 0. The lowest BCUT2D eigenvalue weighted by Crippen LogP contribution is -2.27. The fourth-order valence-corrected chi connectivity index (χ4v) is 2.83. The zero-order valence-electron chi connectivity index (χ0n) is 9.99. The van der Waals surface area contributed by atoms with Crippen LogP contribution in [0.2, 0.25) is 0 Å². The lowest BCUT2D eigenvalue weighted by atomic mass is 9.69. The van der Waals surface area contributed by atoms with Gasteiger partial charge in [-0.3, -0.25) is 4.79 Å². The van der Waals surface area contributed by atoms with Gasteiger partial charge >= 0.3 is 0 Å². The third-order valence-electron chi connectivity index (χ3n) is 3.55. The normalized spacial score (nSPS) is 22.6. The fraction of sp³-hybridized carbons (Fsp3) is 0.400. The largest absolute Gasteiger partial charge is 0.290 e. The first-order valence-electron chi connectivity index (χ1n) is 5.89. The van der Waals surface area contributed by atoms with Gasteiger partial charge < -0.3 is 0 Å². The quantitative estimate of drug-likeness (QED) is 0.505. The third kappa shape index (κ3) is 1.71. The van der Waals surface area contributed by atoms with Gasteiger partial charge in [-0.2, -0.15) is 0 Å². The smallest absolute Gasteiger partial charge is 0.182 e. The monoisotopic (exact) mass is 214 g/mol. The molecule has 0 aromatic heterocycles. The van der Waals surface area contributed by atoms with Crippen molar-refractivity contribution in [3.8, 4) is 0 Å². The van der Waals surface area contributed by atoms with Crippen molar-refractivity contribution in [3.63, 3.8) is 0 Å². The maximum atomic E-state index is 12.2. The highest BCUT2D eigenvalue weighted by atomic mass is 16.1. The van der Waals surface area contributed by atoms with Crippen LogP contribution in [0.15, 0.2) is 47.6 Å². The summed E-state index contributed by atoms with van der Waals surface area (Å²) in [5.41, 5.74) is 2.23. The second kappa shape index (κ2) is 4.25. The first-order chi connectivity index (χ1) is 7.69. The van der Waals surface area contributed by atoms with Gasteiger partial charge in [0.25, 0.3) is 0 Å². The van der Waals surface area contributed by atoms with Gasteiger partial charge in [-0.15, -0.1) is 0 Å². The molecule has 0 aromatic carbocycles. The molecule has 16 heavy (non-hydrogen) atoms. The highest BCUT2D eigenvalue weighted by molar-refractivity contribution is 6.06. The first-order valence-corrected chi connectivity index (χ1v) is 5.89. The molecule has 0 fully saturated rings. The number of allylic oxidation sites excluding steroid dienone is 8. The Bertz CT molecular complexity index is 411. The van der Waals surface area contributed by atoms with Gasteiger partial charge in [0.05, 0.1) is 0 Å². The number of rotatable bonds is 2. The maximum Gasteiger partial charge on any atom is 0.182 e. The lowest BCUT2D eigenvalue weighted by Gasteiger charge is -2.33. The van der Waals surface area contributed by atoms with Crippen LogP contribution in [-0.2, 0) is 4.79 Å². The average Bonchev–Trinajstić information content (AvgIpc) is 2.67. The minimum absolute atomic E-state index is 0.0649. The molecule has 2 aliphatic carbocycles. The molecule has 0 atom stereocenters. The van der Waals surface area contributed by atoms with Crippen LogP contribution >= 0.6 is 0 Å². The van der Waals surface area contributed by atoms with Crippen LogP contribution in [0.4, 0.5) is 0 Å². The van der Waals surface area contributed by atoms with Crippen molar-refractivity contribution in [2.75, 3.05) is 0 Å². The molecular weight excluding hydrogens is 196 g/mol. The summed E-state index contributed by atoms with van der Waals surface area (Å²) in [4.78, 5) is 12.2. The van der Waals surface area contributed by atoms with Crippen LogP contribution in [0.5, 0.6) is 0 Å². The molecule has 0 unspecified atom stereocenters. The molecule has 0 saturated carbocycles. The number of hydrogen-bond donors (Lipinski definition) is 0. The van der Waals surface area contributed by atoms with E-state index in [0.29, 0.717) is 0 Å². The Balaban J connectivity index is 2.42. The SMILES string of the molecule is CC=CC(=O)C1=C(C)C=CCC12CC=CC2. The second-order valence-corrected chi connectivity index (χ2v) is 4.69. The van der Waals surface area contributed by atoms with Crippen LogP contribution in [0.25, 0.3) is 0 Å². The highest BCUT2D eigenvalue weighted by Crippen LogP contribution is 2.47.